The predicted molar refractivity (Wildman–Crippen MR) is 60.4 cm³/mol. The van der Waals surface area contributed by atoms with Crippen molar-refractivity contribution in [3.05, 3.63) is 0 Å². The summed E-state index contributed by atoms with van der Waals surface area (Å²) in [6, 6.07) is 0. The van der Waals surface area contributed by atoms with Gasteiger partial charge in [-0.2, -0.15) is 8.42 Å². The van der Waals surface area contributed by atoms with Crippen molar-refractivity contribution in [3.8, 4) is 0 Å². The first-order valence-electron chi connectivity index (χ1n) is 4.61. The van der Waals surface area contributed by atoms with E-state index in [0.29, 0.717) is 0 Å². The molecule has 0 aromatic carbocycles. The SMILES string of the molecule is CCCCCCCC.O=S(=O)(O)O.[NaH]. The molecule has 4 nitrogen and oxygen atoms in total. The van der Waals surface area contributed by atoms with Gasteiger partial charge in [-0.25, -0.2) is 0 Å². The van der Waals surface area contributed by atoms with Gasteiger partial charge in [-0.05, 0) is 0 Å². The number of rotatable bonds is 5. The molecule has 0 bridgehead atoms. The van der Waals surface area contributed by atoms with Gasteiger partial charge in [0.05, 0.1) is 0 Å². The molecule has 0 radical (unpaired) electrons. The Labute approximate surface area is 109 Å². The van der Waals surface area contributed by atoms with Crippen LogP contribution in [0, 0.1) is 0 Å². The molecular weight excluding hydrogens is 215 g/mol. The van der Waals surface area contributed by atoms with E-state index in [-0.39, 0.29) is 29.6 Å². The van der Waals surface area contributed by atoms with E-state index in [2.05, 4.69) is 13.8 Å². The first-order valence-corrected chi connectivity index (χ1v) is 6.01. The van der Waals surface area contributed by atoms with E-state index in [1.54, 1.807) is 0 Å². The maximum atomic E-state index is 8.74. The van der Waals surface area contributed by atoms with E-state index >= 15 is 0 Å². The van der Waals surface area contributed by atoms with E-state index in [1.165, 1.54) is 38.5 Å². The third-order valence-corrected chi connectivity index (χ3v) is 1.46. The average Bonchev–Trinajstić information content (AvgIpc) is 1.95. The molecule has 0 aromatic rings. The number of hydrogen-bond acceptors (Lipinski definition) is 2. The Morgan fingerprint density at radius 2 is 1.07 bits per heavy atom. The van der Waals surface area contributed by atoms with Gasteiger partial charge in [0.1, 0.15) is 0 Å². The molecule has 0 saturated carbocycles. The fourth-order valence-electron chi connectivity index (χ4n) is 0.854. The van der Waals surface area contributed by atoms with Crippen LogP contribution >= 0.6 is 0 Å². The van der Waals surface area contributed by atoms with Crippen molar-refractivity contribution in [2.24, 2.45) is 0 Å². The topological polar surface area (TPSA) is 74.6 Å². The molecular formula is C8H21NaO4S. The van der Waals surface area contributed by atoms with E-state index in [0.717, 1.165) is 0 Å². The molecule has 14 heavy (non-hydrogen) atoms. The van der Waals surface area contributed by atoms with Crippen LogP contribution in [-0.2, 0) is 10.4 Å². The summed E-state index contributed by atoms with van der Waals surface area (Å²) in [5.41, 5.74) is 0. The Morgan fingerprint density at radius 1 is 0.857 bits per heavy atom. The minimum absolute atomic E-state index is 0. The van der Waals surface area contributed by atoms with Crippen LogP contribution in [0.15, 0.2) is 0 Å². The third-order valence-electron chi connectivity index (χ3n) is 1.46. The molecule has 0 rings (SSSR count). The zero-order valence-electron chi connectivity index (χ0n) is 8.36. The van der Waals surface area contributed by atoms with E-state index in [9.17, 15) is 0 Å². The first-order chi connectivity index (χ1) is 5.91. The minimum atomic E-state index is -4.67. The molecule has 0 saturated heterocycles. The van der Waals surface area contributed by atoms with Gasteiger partial charge < -0.3 is 0 Å². The zero-order chi connectivity index (χ0) is 10.7. The summed E-state index contributed by atoms with van der Waals surface area (Å²) >= 11 is 0. The van der Waals surface area contributed by atoms with Gasteiger partial charge >= 0.3 is 40.0 Å². The molecule has 2 N–H and O–H groups in total. The van der Waals surface area contributed by atoms with Crippen molar-refractivity contribution in [1.82, 2.24) is 0 Å². The second-order valence-electron chi connectivity index (χ2n) is 2.86. The third kappa shape index (κ3) is 52.6. The van der Waals surface area contributed by atoms with Crippen LogP contribution in [0.3, 0.4) is 0 Å². The van der Waals surface area contributed by atoms with Crippen LogP contribution in [0.25, 0.3) is 0 Å². The van der Waals surface area contributed by atoms with Crippen LogP contribution < -0.4 is 0 Å². The Hall–Kier alpha value is 0.870. The number of hydrogen-bond donors (Lipinski definition) is 2. The van der Waals surface area contributed by atoms with Crippen LogP contribution in [0.4, 0.5) is 0 Å². The summed E-state index contributed by atoms with van der Waals surface area (Å²) in [6.07, 6.45) is 8.49. The van der Waals surface area contributed by atoms with E-state index in [4.69, 9.17) is 17.5 Å². The van der Waals surface area contributed by atoms with Crippen LogP contribution in [0.1, 0.15) is 52.4 Å². The zero-order valence-corrected chi connectivity index (χ0v) is 9.18. The summed E-state index contributed by atoms with van der Waals surface area (Å²) in [5, 5.41) is 0. The molecule has 0 amide bonds. The summed E-state index contributed by atoms with van der Waals surface area (Å²) in [6.45, 7) is 4.51. The molecule has 0 spiro atoms. The fourth-order valence-corrected chi connectivity index (χ4v) is 0.854. The van der Waals surface area contributed by atoms with Crippen molar-refractivity contribution in [1.29, 1.82) is 0 Å². The summed E-state index contributed by atoms with van der Waals surface area (Å²) in [5.74, 6) is 0. The second-order valence-corrected chi connectivity index (χ2v) is 3.76. The predicted octanol–water partition coefficient (Wildman–Crippen LogP) is 2.07. The molecule has 0 aliphatic carbocycles. The number of unbranched alkanes of at least 4 members (excludes halogenated alkanes) is 5. The molecule has 0 aromatic heterocycles. The van der Waals surface area contributed by atoms with Gasteiger partial charge in [-0.3, -0.25) is 9.11 Å². The maximum absolute atomic E-state index is 8.74. The van der Waals surface area contributed by atoms with Crippen molar-refractivity contribution in [3.63, 3.8) is 0 Å². The Morgan fingerprint density at radius 3 is 1.21 bits per heavy atom. The van der Waals surface area contributed by atoms with E-state index < -0.39 is 10.4 Å². The molecule has 0 atom stereocenters. The second kappa shape index (κ2) is 13.9. The van der Waals surface area contributed by atoms with Gasteiger partial charge in [-0.15, -0.1) is 0 Å². The van der Waals surface area contributed by atoms with Gasteiger partial charge in [0.15, 0.2) is 0 Å². The molecule has 84 valence electrons. The van der Waals surface area contributed by atoms with Gasteiger partial charge in [0.25, 0.3) is 0 Å². The van der Waals surface area contributed by atoms with E-state index in [1.807, 2.05) is 0 Å². The van der Waals surface area contributed by atoms with Crippen LogP contribution in [-0.4, -0.2) is 47.1 Å². The van der Waals surface area contributed by atoms with Crippen molar-refractivity contribution < 1.29 is 17.5 Å². The van der Waals surface area contributed by atoms with Gasteiger partial charge in [0.2, 0.25) is 0 Å². The van der Waals surface area contributed by atoms with Gasteiger partial charge in [-0.1, -0.05) is 52.4 Å². The standard InChI is InChI=1S/C8H18.Na.H2O4S.H/c1-3-5-7-8-6-4-2;;1-5(2,3)4;/h3-8H2,1-2H3;;(H2,1,2,3,4);. The Kier molecular flexibility index (Phi) is 20.1. The molecule has 0 aliphatic heterocycles. The first kappa shape index (κ1) is 20.3. The van der Waals surface area contributed by atoms with Gasteiger partial charge in [0, 0.05) is 0 Å². The van der Waals surface area contributed by atoms with Crippen LogP contribution in [0.2, 0.25) is 0 Å². The monoisotopic (exact) mass is 236 g/mol. The summed E-state index contributed by atoms with van der Waals surface area (Å²) < 4.78 is 31.6. The normalized spacial score (nSPS) is 9.71. The summed E-state index contributed by atoms with van der Waals surface area (Å²) in [4.78, 5) is 0. The average molecular weight is 236 g/mol. The fraction of sp³-hybridized carbons (Fsp3) is 1.00. The molecule has 0 heterocycles. The quantitative estimate of drug-likeness (QED) is 0.435. The summed E-state index contributed by atoms with van der Waals surface area (Å²) in [7, 11) is -4.67. The Bertz CT molecular complexity index is 166. The molecule has 6 heteroatoms. The van der Waals surface area contributed by atoms with Crippen molar-refractivity contribution >= 4 is 40.0 Å². The van der Waals surface area contributed by atoms with Crippen molar-refractivity contribution in [2.45, 2.75) is 52.4 Å². The van der Waals surface area contributed by atoms with Crippen molar-refractivity contribution in [2.75, 3.05) is 0 Å². The Balaban J connectivity index is -0.000000177. The molecule has 0 aliphatic rings. The van der Waals surface area contributed by atoms with Crippen LogP contribution in [0.5, 0.6) is 0 Å². The molecule has 0 unspecified atom stereocenters. The molecule has 0 fully saturated rings.